The van der Waals surface area contributed by atoms with Gasteiger partial charge in [0.05, 0.1) is 11.4 Å². The van der Waals surface area contributed by atoms with Gasteiger partial charge in [0.25, 0.3) is 0 Å². The average Bonchev–Trinajstić information content (AvgIpc) is 2.28. The second-order valence-electron chi connectivity index (χ2n) is 4.76. The second-order valence-corrected chi connectivity index (χ2v) is 4.76. The SMILES string of the molecule is Cc1cccc(NC2CCN(C)CC2)c1N. The van der Waals surface area contributed by atoms with Crippen molar-refractivity contribution in [2.75, 3.05) is 31.2 Å². The zero-order chi connectivity index (χ0) is 11.5. The Kier molecular flexibility index (Phi) is 3.34. The van der Waals surface area contributed by atoms with Crippen LogP contribution in [-0.2, 0) is 0 Å². The van der Waals surface area contributed by atoms with Crippen molar-refractivity contribution in [2.24, 2.45) is 0 Å². The smallest absolute Gasteiger partial charge is 0.0579 e. The van der Waals surface area contributed by atoms with Crippen LogP contribution in [0.5, 0.6) is 0 Å². The number of piperidine rings is 1. The number of likely N-dealkylation sites (tertiary alicyclic amines) is 1. The third kappa shape index (κ3) is 2.47. The predicted octanol–water partition coefficient (Wildman–Crippen LogP) is 2.08. The fraction of sp³-hybridized carbons (Fsp3) is 0.538. The summed E-state index contributed by atoms with van der Waals surface area (Å²) in [6, 6.07) is 6.75. The van der Waals surface area contributed by atoms with Crippen molar-refractivity contribution in [3.05, 3.63) is 23.8 Å². The lowest BCUT2D eigenvalue weighted by Crippen LogP contribution is -2.36. The molecule has 1 fully saturated rings. The minimum Gasteiger partial charge on any atom is -0.397 e. The summed E-state index contributed by atoms with van der Waals surface area (Å²) in [4.78, 5) is 2.37. The normalized spacial score (nSPS) is 18.6. The van der Waals surface area contributed by atoms with Gasteiger partial charge in [-0.3, -0.25) is 0 Å². The molecule has 3 N–H and O–H groups in total. The molecule has 0 aromatic heterocycles. The Morgan fingerprint density at radius 1 is 1.31 bits per heavy atom. The molecule has 0 unspecified atom stereocenters. The molecule has 0 spiro atoms. The van der Waals surface area contributed by atoms with E-state index in [1.54, 1.807) is 0 Å². The Bertz CT molecular complexity index is 354. The number of anilines is 2. The summed E-state index contributed by atoms with van der Waals surface area (Å²) >= 11 is 0. The molecule has 0 amide bonds. The molecule has 3 nitrogen and oxygen atoms in total. The summed E-state index contributed by atoms with van der Waals surface area (Å²) in [6.07, 6.45) is 2.40. The average molecular weight is 219 g/mol. The van der Waals surface area contributed by atoms with Gasteiger partial charge in [0, 0.05) is 6.04 Å². The van der Waals surface area contributed by atoms with Crippen LogP contribution in [0.15, 0.2) is 18.2 Å². The third-order valence-corrected chi connectivity index (χ3v) is 3.40. The van der Waals surface area contributed by atoms with Crippen LogP contribution >= 0.6 is 0 Å². The first kappa shape index (κ1) is 11.3. The highest BCUT2D eigenvalue weighted by molar-refractivity contribution is 5.69. The zero-order valence-electron chi connectivity index (χ0n) is 10.2. The lowest BCUT2D eigenvalue weighted by atomic mass is 10.0. The first-order valence-corrected chi connectivity index (χ1v) is 5.97. The summed E-state index contributed by atoms with van der Waals surface area (Å²) in [5.41, 5.74) is 9.19. The van der Waals surface area contributed by atoms with E-state index in [0.717, 1.165) is 16.9 Å². The maximum absolute atomic E-state index is 6.05. The number of rotatable bonds is 2. The molecule has 0 bridgehead atoms. The summed E-state index contributed by atoms with van der Waals surface area (Å²) < 4.78 is 0. The quantitative estimate of drug-likeness (QED) is 0.748. The number of hydrogen-bond acceptors (Lipinski definition) is 3. The third-order valence-electron chi connectivity index (χ3n) is 3.40. The monoisotopic (exact) mass is 219 g/mol. The van der Waals surface area contributed by atoms with Gasteiger partial charge >= 0.3 is 0 Å². The Morgan fingerprint density at radius 2 is 2.00 bits per heavy atom. The summed E-state index contributed by atoms with van der Waals surface area (Å²) in [6.45, 7) is 4.39. The molecule has 2 rings (SSSR count). The molecule has 1 aromatic rings. The standard InChI is InChI=1S/C13H21N3/c1-10-4-3-5-12(13(10)14)15-11-6-8-16(2)9-7-11/h3-5,11,15H,6-9,14H2,1-2H3. The van der Waals surface area contributed by atoms with E-state index in [2.05, 4.69) is 42.4 Å². The molecule has 88 valence electrons. The molecule has 0 saturated carbocycles. The van der Waals surface area contributed by atoms with E-state index in [9.17, 15) is 0 Å². The Morgan fingerprint density at radius 3 is 2.69 bits per heavy atom. The van der Waals surface area contributed by atoms with Crippen LogP contribution in [0, 0.1) is 6.92 Å². The lowest BCUT2D eigenvalue weighted by molar-refractivity contribution is 0.264. The van der Waals surface area contributed by atoms with Crippen molar-refractivity contribution in [3.63, 3.8) is 0 Å². The highest BCUT2D eigenvalue weighted by Crippen LogP contribution is 2.24. The fourth-order valence-electron chi connectivity index (χ4n) is 2.18. The molecule has 1 aliphatic rings. The van der Waals surface area contributed by atoms with Gasteiger partial charge in [-0.2, -0.15) is 0 Å². The van der Waals surface area contributed by atoms with Crippen LogP contribution in [0.2, 0.25) is 0 Å². The van der Waals surface area contributed by atoms with E-state index in [1.807, 2.05) is 0 Å². The first-order valence-electron chi connectivity index (χ1n) is 5.97. The molecule has 0 aliphatic carbocycles. The number of nitrogens with one attached hydrogen (secondary N) is 1. The lowest BCUT2D eigenvalue weighted by Gasteiger charge is -2.30. The van der Waals surface area contributed by atoms with Crippen molar-refractivity contribution in [1.82, 2.24) is 4.90 Å². The Labute approximate surface area is 97.6 Å². The topological polar surface area (TPSA) is 41.3 Å². The van der Waals surface area contributed by atoms with Crippen molar-refractivity contribution in [2.45, 2.75) is 25.8 Å². The number of nitrogen functional groups attached to an aromatic ring is 1. The highest BCUT2D eigenvalue weighted by atomic mass is 15.1. The van der Waals surface area contributed by atoms with Gasteiger partial charge < -0.3 is 16.0 Å². The minimum absolute atomic E-state index is 0.570. The van der Waals surface area contributed by atoms with E-state index < -0.39 is 0 Å². The van der Waals surface area contributed by atoms with E-state index in [1.165, 1.54) is 25.9 Å². The Hall–Kier alpha value is -1.22. The van der Waals surface area contributed by atoms with Crippen LogP contribution in [0.3, 0.4) is 0 Å². The van der Waals surface area contributed by atoms with Crippen LogP contribution in [0.25, 0.3) is 0 Å². The van der Waals surface area contributed by atoms with Crippen LogP contribution in [-0.4, -0.2) is 31.1 Å². The summed E-state index contributed by atoms with van der Waals surface area (Å²) in [7, 11) is 2.18. The molecule has 3 heteroatoms. The van der Waals surface area contributed by atoms with Crippen molar-refractivity contribution < 1.29 is 0 Å². The van der Waals surface area contributed by atoms with Crippen LogP contribution < -0.4 is 11.1 Å². The van der Waals surface area contributed by atoms with Gasteiger partial charge in [-0.05, 0) is 51.5 Å². The summed E-state index contributed by atoms with van der Waals surface area (Å²) in [5.74, 6) is 0. The number of benzene rings is 1. The van der Waals surface area contributed by atoms with E-state index in [-0.39, 0.29) is 0 Å². The Balaban J connectivity index is 2.01. The van der Waals surface area contributed by atoms with Gasteiger partial charge in [-0.15, -0.1) is 0 Å². The largest absolute Gasteiger partial charge is 0.397 e. The number of para-hydroxylation sites is 1. The number of hydrogen-bond donors (Lipinski definition) is 2. The van der Waals surface area contributed by atoms with Crippen molar-refractivity contribution >= 4 is 11.4 Å². The maximum atomic E-state index is 6.05. The molecule has 0 atom stereocenters. The summed E-state index contributed by atoms with van der Waals surface area (Å²) in [5, 5.41) is 3.56. The fourth-order valence-corrected chi connectivity index (χ4v) is 2.18. The van der Waals surface area contributed by atoms with E-state index >= 15 is 0 Å². The maximum Gasteiger partial charge on any atom is 0.0579 e. The minimum atomic E-state index is 0.570. The van der Waals surface area contributed by atoms with Crippen LogP contribution in [0.4, 0.5) is 11.4 Å². The van der Waals surface area contributed by atoms with Gasteiger partial charge in [0.2, 0.25) is 0 Å². The van der Waals surface area contributed by atoms with Crippen molar-refractivity contribution in [3.8, 4) is 0 Å². The van der Waals surface area contributed by atoms with Gasteiger partial charge in [-0.1, -0.05) is 12.1 Å². The molecular formula is C13H21N3. The molecule has 1 aromatic carbocycles. The first-order chi connectivity index (χ1) is 7.66. The number of aryl methyl sites for hydroxylation is 1. The van der Waals surface area contributed by atoms with E-state index in [0.29, 0.717) is 6.04 Å². The van der Waals surface area contributed by atoms with Gasteiger partial charge in [0.15, 0.2) is 0 Å². The molecule has 1 saturated heterocycles. The molecule has 0 radical (unpaired) electrons. The van der Waals surface area contributed by atoms with Crippen LogP contribution in [0.1, 0.15) is 18.4 Å². The van der Waals surface area contributed by atoms with Gasteiger partial charge in [-0.25, -0.2) is 0 Å². The predicted molar refractivity (Wildman–Crippen MR) is 69.7 cm³/mol. The molecular weight excluding hydrogens is 198 g/mol. The molecule has 1 heterocycles. The number of nitrogens with zero attached hydrogens (tertiary/aromatic N) is 1. The van der Waals surface area contributed by atoms with Crippen molar-refractivity contribution in [1.29, 1.82) is 0 Å². The molecule has 16 heavy (non-hydrogen) atoms. The van der Waals surface area contributed by atoms with E-state index in [4.69, 9.17) is 5.73 Å². The van der Waals surface area contributed by atoms with Gasteiger partial charge in [0.1, 0.15) is 0 Å². The zero-order valence-corrected chi connectivity index (χ0v) is 10.2. The second kappa shape index (κ2) is 4.74. The highest BCUT2D eigenvalue weighted by Gasteiger charge is 2.16. The number of nitrogens with two attached hydrogens (primary N) is 1. The molecule has 1 aliphatic heterocycles.